The zero-order valence-corrected chi connectivity index (χ0v) is 13.6. The van der Waals surface area contributed by atoms with Gasteiger partial charge in [0.25, 0.3) is 0 Å². The molecule has 21 heavy (non-hydrogen) atoms. The van der Waals surface area contributed by atoms with Gasteiger partial charge in [0.1, 0.15) is 5.75 Å². The van der Waals surface area contributed by atoms with Crippen molar-refractivity contribution in [2.75, 3.05) is 7.11 Å². The lowest BCUT2D eigenvalue weighted by Gasteiger charge is -2.18. The Kier molecular flexibility index (Phi) is 5.66. The van der Waals surface area contributed by atoms with E-state index in [2.05, 4.69) is 36.5 Å². The first-order valence-corrected chi connectivity index (χ1v) is 7.64. The molecule has 0 aliphatic carbocycles. The van der Waals surface area contributed by atoms with E-state index in [1.54, 1.807) is 7.11 Å². The predicted octanol–water partition coefficient (Wildman–Crippen LogP) is 4.90. The maximum absolute atomic E-state index is 6.17. The smallest absolute Gasteiger partial charge is 0.118 e. The van der Waals surface area contributed by atoms with Crippen molar-refractivity contribution in [3.8, 4) is 5.75 Å². The summed E-state index contributed by atoms with van der Waals surface area (Å²) in [4.78, 5) is 0. The number of methoxy groups -OCH3 is 1. The Balaban J connectivity index is 2.02. The molecule has 1 unspecified atom stereocenters. The summed E-state index contributed by atoms with van der Waals surface area (Å²) in [5.41, 5.74) is 3.59. The number of aryl methyl sites for hydroxylation is 1. The molecule has 0 bridgehead atoms. The first-order chi connectivity index (χ1) is 10.1. The molecule has 0 amide bonds. The minimum atomic E-state index is 0.330. The Labute approximate surface area is 132 Å². The normalized spacial score (nSPS) is 12.2. The molecule has 3 heteroatoms. The average Bonchev–Trinajstić information content (AvgIpc) is 2.52. The molecule has 0 spiro atoms. The van der Waals surface area contributed by atoms with Gasteiger partial charge >= 0.3 is 0 Å². The molecule has 2 nitrogen and oxygen atoms in total. The molecule has 0 radical (unpaired) electrons. The largest absolute Gasteiger partial charge is 0.497 e. The van der Waals surface area contributed by atoms with Crippen molar-refractivity contribution in [2.45, 2.75) is 32.9 Å². The first-order valence-electron chi connectivity index (χ1n) is 7.26. The second-order valence-corrected chi connectivity index (χ2v) is 5.61. The number of benzene rings is 2. The summed E-state index contributed by atoms with van der Waals surface area (Å²) in [6, 6.07) is 14.8. The van der Waals surface area contributed by atoms with Crippen molar-refractivity contribution in [2.24, 2.45) is 0 Å². The second-order valence-electron chi connectivity index (χ2n) is 5.20. The molecule has 112 valence electrons. The van der Waals surface area contributed by atoms with Gasteiger partial charge in [0.2, 0.25) is 0 Å². The van der Waals surface area contributed by atoms with E-state index in [0.717, 1.165) is 29.3 Å². The molecule has 0 heterocycles. The van der Waals surface area contributed by atoms with E-state index in [1.807, 2.05) is 25.1 Å². The zero-order chi connectivity index (χ0) is 15.2. The van der Waals surface area contributed by atoms with Gasteiger partial charge in [-0.1, -0.05) is 42.8 Å². The maximum Gasteiger partial charge on any atom is 0.118 e. The monoisotopic (exact) mass is 303 g/mol. The van der Waals surface area contributed by atoms with Gasteiger partial charge in [-0.05, 0) is 48.2 Å². The van der Waals surface area contributed by atoms with E-state index in [1.165, 1.54) is 11.1 Å². The maximum atomic E-state index is 6.17. The number of ether oxygens (including phenoxy) is 1. The Hall–Kier alpha value is -1.51. The summed E-state index contributed by atoms with van der Waals surface area (Å²) in [6.45, 7) is 5.01. The van der Waals surface area contributed by atoms with Gasteiger partial charge in [-0.3, -0.25) is 0 Å². The molecule has 2 rings (SSSR count). The molecular formula is C18H22ClNO. The summed E-state index contributed by atoms with van der Waals surface area (Å²) < 4.78 is 5.20. The number of rotatable bonds is 6. The molecule has 0 aliphatic heterocycles. The van der Waals surface area contributed by atoms with E-state index < -0.39 is 0 Å². The highest BCUT2D eigenvalue weighted by atomic mass is 35.5. The molecule has 0 saturated carbocycles. The average molecular weight is 304 g/mol. The number of halogens is 1. The van der Waals surface area contributed by atoms with Gasteiger partial charge in [-0.25, -0.2) is 0 Å². The zero-order valence-electron chi connectivity index (χ0n) is 12.8. The van der Waals surface area contributed by atoms with Crippen LogP contribution in [0.5, 0.6) is 5.75 Å². The lowest BCUT2D eigenvalue weighted by molar-refractivity contribution is 0.414. The third kappa shape index (κ3) is 4.23. The predicted molar refractivity (Wildman–Crippen MR) is 89.1 cm³/mol. The molecule has 1 N–H and O–H groups in total. The second kappa shape index (κ2) is 7.48. The molecule has 0 aromatic heterocycles. The summed E-state index contributed by atoms with van der Waals surface area (Å²) in [5, 5.41) is 4.41. The van der Waals surface area contributed by atoms with Crippen molar-refractivity contribution in [3.63, 3.8) is 0 Å². The number of hydrogen-bond acceptors (Lipinski definition) is 2. The van der Waals surface area contributed by atoms with Gasteiger partial charge in [-0.15, -0.1) is 0 Å². The molecule has 2 aromatic carbocycles. The fourth-order valence-corrected chi connectivity index (χ4v) is 2.52. The van der Waals surface area contributed by atoms with Crippen molar-refractivity contribution in [1.29, 1.82) is 0 Å². The molecule has 0 fully saturated rings. The van der Waals surface area contributed by atoms with Crippen molar-refractivity contribution in [1.82, 2.24) is 5.32 Å². The molecule has 2 aromatic rings. The van der Waals surface area contributed by atoms with Crippen LogP contribution in [0.2, 0.25) is 5.02 Å². The standard InChI is InChI=1S/C18H22ClNO/c1-4-18(15-7-9-16(21-3)10-8-15)20-12-14-6-5-13(2)17(19)11-14/h5-11,18,20H,4,12H2,1-3H3. The lowest BCUT2D eigenvalue weighted by atomic mass is 10.0. The lowest BCUT2D eigenvalue weighted by Crippen LogP contribution is -2.20. The minimum absolute atomic E-state index is 0.330. The van der Waals surface area contributed by atoms with Gasteiger partial charge in [0.05, 0.1) is 7.11 Å². The molecule has 1 atom stereocenters. The van der Waals surface area contributed by atoms with Crippen molar-refractivity contribution in [3.05, 3.63) is 64.2 Å². The topological polar surface area (TPSA) is 21.3 Å². The molecule has 0 saturated heterocycles. The summed E-state index contributed by atoms with van der Waals surface area (Å²) in [6.07, 6.45) is 1.03. The van der Waals surface area contributed by atoms with Gasteiger partial charge < -0.3 is 10.1 Å². The van der Waals surface area contributed by atoms with Crippen LogP contribution in [0.1, 0.15) is 36.1 Å². The van der Waals surface area contributed by atoms with E-state index in [0.29, 0.717) is 6.04 Å². The highest BCUT2D eigenvalue weighted by molar-refractivity contribution is 6.31. The van der Waals surface area contributed by atoms with Crippen LogP contribution in [0.15, 0.2) is 42.5 Å². The van der Waals surface area contributed by atoms with Gasteiger partial charge in [0, 0.05) is 17.6 Å². The van der Waals surface area contributed by atoms with E-state index in [9.17, 15) is 0 Å². The van der Waals surface area contributed by atoms with Crippen LogP contribution in [-0.4, -0.2) is 7.11 Å². The molecular weight excluding hydrogens is 282 g/mol. The van der Waals surface area contributed by atoms with Gasteiger partial charge in [0.15, 0.2) is 0 Å². The minimum Gasteiger partial charge on any atom is -0.497 e. The van der Waals surface area contributed by atoms with Gasteiger partial charge in [-0.2, -0.15) is 0 Å². The highest BCUT2D eigenvalue weighted by Gasteiger charge is 2.09. The first kappa shape index (κ1) is 15.9. The fraction of sp³-hybridized carbons (Fsp3) is 0.333. The van der Waals surface area contributed by atoms with Crippen LogP contribution in [0.25, 0.3) is 0 Å². The van der Waals surface area contributed by atoms with E-state index >= 15 is 0 Å². The van der Waals surface area contributed by atoms with E-state index in [4.69, 9.17) is 16.3 Å². The van der Waals surface area contributed by atoms with Crippen LogP contribution >= 0.6 is 11.6 Å². The quantitative estimate of drug-likeness (QED) is 0.819. The summed E-state index contributed by atoms with van der Waals surface area (Å²) in [5.74, 6) is 0.888. The molecule has 0 aliphatic rings. The fourth-order valence-electron chi connectivity index (χ4n) is 2.32. The highest BCUT2D eigenvalue weighted by Crippen LogP contribution is 2.21. The Bertz CT molecular complexity index is 580. The van der Waals surface area contributed by atoms with E-state index in [-0.39, 0.29) is 0 Å². The number of nitrogens with one attached hydrogen (secondary N) is 1. The Morgan fingerprint density at radius 2 is 1.86 bits per heavy atom. The van der Waals surface area contributed by atoms with Crippen LogP contribution < -0.4 is 10.1 Å². The van der Waals surface area contributed by atoms with Crippen molar-refractivity contribution < 1.29 is 4.74 Å². The Morgan fingerprint density at radius 1 is 1.14 bits per heavy atom. The summed E-state index contributed by atoms with van der Waals surface area (Å²) >= 11 is 6.17. The SMILES string of the molecule is CCC(NCc1ccc(C)c(Cl)c1)c1ccc(OC)cc1. The summed E-state index contributed by atoms with van der Waals surface area (Å²) in [7, 11) is 1.69. The van der Waals surface area contributed by atoms with Crippen molar-refractivity contribution >= 4 is 11.6 Å². The third-order valence-corrected chi connectivity index (χ3v) is 4.12. The third-order valence-electron chi connectivity index (χ3n) is 3.72. The van der Waals surface area contributed by atoms with Crippen LogP contribution in [0, 0.1) is 6.92 Å². The Morgan fingerprint density at radius 3 is 2.43 bits per heavy atom. The number of hydrogen-bond donors (Lipinski definition) is 1. The van der Waals surface area contributed by atoms with Crippen LogP contribution in [0.3, 0.4) is 0 Å². The van der Waals surface area contributed by atoms with Crippen LogP contribution in [-0.2, 0) is 6.54 Å². The van der Waals surface area contributed by atoms with Crippen LogP contribution in [0.4, 0.5) is 0 Å².